The molecule has 3 unspecified atom stereocenters. The Hall–Kier alpha value is -1.00. The Morgan fingerprint density at radius 2 is 1.45 bits per heavy atom. The van der Waals surface area contributed by atoms with Gasteiger partial charge in [-0.25, -0.2) is 0 Å². The Bertz CT molecular complexity index is 525. The Morgan fingerprint density at radius 1 is 0.931 bits per heavy atom. The molecule has 0 aliphatic rings. The number of amides is 2. The number of carbonyl (C=O) groups is 3. The Morgan fingerprint density at radius 3 is 1.97 bits per heavy atom. The zero-order valence-electron chi connectivity index (χ0n) is 19.8. The quantitative estimate of drug-likeness (QED) is 0.368. The molecule has 2 amide bonds. The van der Waals surface area contributed by atoms with Gasteiger partial charge >= 0.3 is 0 Å². The number of hydrogen-bond acceptors (Lipinski definition) is 4. The number of hydrogen-bond donors (Lipinski definition) is 0. The van der Waals surface area contributed by atoms with Crippen LogP contribution in [0.1, 0.15) is 79.6 Å². The van der Waals surface area contributed by atoms with E-state index in [2.05, 4.69) is 0 Å². The molecule has 0 aromatic heterocycles. The van der Waals surface area contributed by atoms with E-state index in [1.165, 1.54) is 0 Å². The van der Waals surface area contributed by atoms with Crippen LogP contribution in [0.2, 0.25) is 0 Å². The zero-order valence-corrected chi connectivity index (χ0v) is 20.8. The summed E-state index contributed by atoms with van der Waals surface area (Å²) >= 11 is 0. The minimum absolute atomic E-state index is 0.0591. The summed E-state index contributed by atoms with van der Waals surface area (Å²) in [6.07, 6.45) is 4.51. The number of carbonyl (C=O) groups excluding carboxylic acids is 3. The van der Waals surface area contributed by atoms with Crippen molar-refractivity contribution in [3.05, 3.63) is 0 Å². The smallest absolute Gasteiger partial charge is 0.222 e. The molecule has 0 radical (unpaired) electrons. The molecule has 0 aromatic carbocycles. The monoisotopic (exact) mass is 430 g/mol. The summed E-state index contributed by atoms with van der Waals surface area (Å²) in [6, 6.07) is 0.189. The molecule has 0 rings (SSSR count). The molecule has 7 heteroatoms. The SMILES string of the molecule is CCCC(=O)N(C)C(C)CCOC(C)(C)CCC(=O)N(C)C(C)CCC(=O)PC. The van der Waals surface area contributed by atoms with Gasteiger partial charge in [-0.1, -0.05) is 15.5 Å². The Labute approximate surface area is 179 Å². The molecular weight excluding hydrogens is 387 g/mol. The van der Waals surface area contributed by atoms with Crippen LogP contribution in [0, 0.1) is 0 Å². The van der Waals surface area contributed by atoms with Crippen LogP contribution in [0.25, 0.3) is 0 Å². The molecule has 6 nitrogen and oxygen atoms in total. The normalized spacial score (nSPS) is 14.1. The zero-order chi connectivity index (χ0) is 22.6. The van der Waals surface area contributed by atoms with Crippen LogP contribution in [0.4, 0.5) is 0 Å². The molecular formula is C22H43N2O4P. The van der Waals surface area contributed by atoms with Gasteiger partial charge in [-0.05, 0) is 60.0 Å². The van der Waals surface area contributed by atoms with Crippen molar-refractivity contribution in [3.8, 4) is 0 Å². The molecule has 0 spiro atoms. The van der Waals surface area contributed by atoms with E-state index < -0.39 is 5.60 Å². The molecule has 0 aliphatic carbocycles. The second-order valence-corrected chi connectivity index (χ2v) is 9.62. The maximum atomic E-state index is 12.5. The van der Waals surface area contributed by atoms with Crippen molar-refractivity contribution in [1.29, 1.82) is 0 Å². The fraction of sp³-hybridized carbons (Fsp3) is 0.864. The highest BCUT2D eigenvalue weighted by atomic mass is 31.1. The summed E-state index contributed by atoms with van der Waals surface area (Å²) < 4.78 is 6.02. The molecule has 170 valence electrons. The van der Waals surface area contributed by atoms with Crippen molar-refractivity contribution in [2.24, 2.45) is 0 Å². The van der Waals surface area contributed by atoms with Crippen LogP contribution in [-0.4, -0.2) is 72.2 Å². The lowest BCUT2D eigenvalue weighted by atomic mass is 10.0. The number of nitrogens with zero attached hydrogens (tertiary/aromatic N) is 2. The minimum Gasteiger partial charge on any atom is -0.375 e. The van der Waals surface area contributed by atoms with Crippen LogP contribution in [0.5, 0.6) is 0 Å². The van der Waals surface area contributed by atoms with Gasteiger partial charge < -0.3 is 14.5 Å². The third-order valence-corrected chi connectivity index (χ3v) is 6.42. The first-order valence-electron chi connectivity index (χ1n) is 10.8. The third kappa shape index (κ3) is 11.7. The molecule has 0 saturated heterocycles. The van der Waals surface area contributed by atoms with Gasteiger partial charge in [0.15, 0.2) is 5.52 Å². The first kappa shape index (κ1) is 28.0. The maximum Gasteiger partial charge on any atom is 0.222 e. The molecule has 3 atom stereocenters. The number of rotatable bonds is 15. The van der Waals surface area contributed by atoms with Crippen molar-refractivity contribution in [2.75, 3.05) is 27.4 Å². The van der Waals surface area contributed by atoms with Gasteiger partial charge in [0.2, 0.25) is 11.8 Å². The third-order valence-electron chi connectivity index (χ3n) is 5.61. The standard InChI is InChI=1S/C22H43N2O4P/c1-9-10-19(25)24(7)18(3)14-16-28-22(4,5)15-13-20(26)23(6)17(2)11-12-21(27)29-8/h17-18,29H,9-16H2,1-8H3. The molecule has 29 heavy (non-hydrogen) atoms. The fourth-order valence-corrected chi connectivity index (χ4v) is 3.29. The van der Waals surface area contributed by atoms with E-state index in [-0.39, 0.29) is 29.4 Å². The van der Waals surface area contributed by atoms with E-state index in [1.807, 2.05) is 55.4 Å². The summed E-state index contributed by atoms with van der Waals surface area (Å²) in [6.45, 7) is 12.5. The van der Waals surface area contributed by atoms with Gasteiger partial charge in [0.05, 0.1) is 5.60 Å². The van der Waals surface area contributed by atoms with E-state index in [0.717, 1.165) is 12.8 Å². The van der Waals surface area contributed by atoms with Crippen molar-refractivity contribution in [3.63, 3.8) is 0 Å². The summed E-state index contributed by atoms with van der Waals surface area (Å²) in [4.78, 5) is 39.5. The molecule has 0 bridgehead atoms. The van der Waals surface area contributed by atoms with Gasteiger partial charge in [0.25, 0.3) is 0 Å². The number of ether oxygens (including phenoxy) is 1. The summed E-state index contributed by atoms with van der Waals surface area (Å²) in [7, 11) is 3.98. The molecule has 0 aromatic rings. The van der Waals surface area contributed by atoms with E-state index in [9.17, 15) is 14.4 Å². The summed E-state index contributed by atoms with van der Waals surface area (Å²) in [5, 5.41) is 0. The first-order valence-corrected chi connectivity index (χ1v) is 12.3. The van der Waals surface area contributed by atoms with Crippen LogP contribution in [0.3, 0.4) is 0 Å². The maximum absolute atomic E-state index is 12.5. The lowest BCUT2D eigenvalue weighted by Gasteiger charge is -2.30. The second kappa shape index (κ2) is 14.1. The molecule has 0 N–H and O–H groups in total. The van der Waals surface area contributed by atoms with Crippen LogP contribution in [-0.2, 0) is 19.1 Å². The largest absolute Gasteiger partial charge is 0.375 e. The van der Waals surface area contributed by atoms with Crippen LogP contribution < -0.4 is 0 Å². The van der Waals surface area contributed by atoms with Gasteiger partial charge in [-0.2, -0.15) is 0 Å². The predicted octanol–water partition coefficient (Wildman–Crippen LogP) is 4.06. The van der Waals surface area contributed by atoms with Crippen molar-refractivity contribution < 1.29 is 19.1 Å². The second-order valence-electron chi connectivity index (χ2n) is 8.57. The predicted molar refractivity (Wildman–Crippen MR) is 122 cm³/mol. The van der Waals surface area contributed by atoms with Gasteiger partial charge in [-0.15, -0.1) is 0 Å². The van der Waals surface area contributed by atoms with Crippen molar-refractivity contribution >= 4 is 25.9 Å². The summed E-state index contributed by atoms with van der Waals surface area (Å²) in [5.41, 5.74) is -0.131. The van der Waals surface area contributed by atoms with Crippen LogP contribution >= 0.6 is 8.58 Å². The Balaban J connectivity index is 4.31. The lowest BCUT2D eigenvalue weighted by molar-refractivity contribution is -0.135. The highest BCUT2D eigenvalue weighted by Crippen LogP contribution is 2.20. The Kier molecular flexibility index (Phi) is 13.6. The van der Waals surface area contributed by atoms with E-state index in [1.54, 1.807) is 9.80 Å². The lowest BCUT2D eigenvalue weighted by Crippen LogP contribution is -2.38. The molecule has 0 aliphatic heterocycles. The first-order chi connectivity index (χ1) is 13.4. The van der Waals surface area contributed by atoms with Crippen molar-refractivity contribution in [1.82, 2.24) is 9.80 Å². The van der Waals surface area contributed by atoms with Gasteiger partial charge in [0.1, 0.15) is 0 Å². The summed E-state index contributed by atoms with van der Waals surface area (Å²) in [5.74, 6) is 0.252. The van der Waals surface area contributed by atoms with Crippen molar-refractivity contribution in [2.45, 2.75) is 97.2 Å². The molecule has 0 saturated carbocycles. The fourth-order valence-electron chi connectivity index (χ4n) is 2.90. The molecule has 0 heterocycles. The average molecular weight is 431 g/mol. The topological polar surface area (TPSA) is 66.9 Å². The van der Waals surface area contributed by atoms with Crippen LogP contribution in [0.15, 0.2) is 0 Å². The highest BCUT2D eigenvalue weighted by molar-refractivity contribution is 7.57. The van der Waals surface area contributed by atoms with E-state index in [0.29, 0.717) is 47.3 Å². The van der Waals surface area contributed by atoms with E-state index >= 15 is 0 Å². The molecule has 0 fully saturated rings. The minimum atomic E-state index is -0.398. The van der Waals surface area contributed by atoms with Gasteiger partial charge in [0, 0.05) is 52.0 Å². The average Bonchev–Trinajstić information content (AvgIpc) is 2.68. The highest BCUT2D eigenvalue weighted by Gasteiger charge is 2.24. The van der Waals surface area contributed by atoms with Gasteiger partial charge in [-0.3, -0.25) is 14.4 Å². The van der Waals surface area contributed by atoms with E-state index in [4.69, 9.17) is 4.74 Å².